The predicted molar refractivity (Wildman–Crippen MR) is 95.9 cm³/mol. The van der Waals surface area contributed by atoms with E-state index in [-0.39, 0.29) is 5.75 Å². The molecule has 1 heterocycles. The van der Waals surface area contributed by atoms with Crippen LogP contribution in [0.3, 0.4) is 0 Å². The lowest BCUT2D eigenvalue weighted by Crippen LogP contribution is -2.37. The number of aliphatic imine (C=N–C) groups is 1. The first kappa shape index (κ1) is 20.4. The molecule has 0 aliphatic carbocycles. The Morgan fingerprint density at radius 2 is 1.92 bits per heavy atom. The summed E-state index contributed by atoms with van der Waals surface area (Å²) in [4.78, 5) is 6.67. The van der Waals surface area contributed by atoms with Crippen molar-refractivity contribution in [2.75, 3.05) is 26.2 Å². The van der Waals surface area contributed by atoms with Gasteiger partial charge in [0.1, 0.15) is 5.75 Å². The molecule has 1 aromatic carbocycles. The smallest absolute Gasteiger partial charge is 0.406 e. The number of ether oxygens (including phenoxy) is 1. The van der Waals surface area contributed by atoms with Gasteiger partial charge in [-0.2, -0.15) is 0 Å². The van der Waals surface area contributed by atoms with Gasteiger partial charge in [-0.25, -0.2) is 4.99 Å². The Kier molecular flexibility index (Phi) is 7.56. The van der Waals surface area contributed by atoms with Crippen LogP contribution in [0.15, 0.2) is 29.3 Å². The minimum absolute atomic E-state index is 0.247. The van der Waals surface area contributed by atoms with Gasteiger partial charge in [0, 0.05) is 6.54 Å². The SMILES string of the molecule is CC1CCN(CCCNC(N)=NCc2ccc(OC(F)(F)F)cc2)CC1. The minimum atomic E-state index is -4.68. The van der Waals surface area contributed by atoms with Gasteiger partial charge in [-0.15, -0.1) is 13.2 Å². The molecule has 0 unspecified atom stereocenters. The van der Waals surface area contributed by atoms with Crippen molar-refractivity contribution in [1.29, 1.82) is 0 Å². The lowest BCUT2D eigenvalue weighted by Gasteiger charge is -2.30. The van der Waals surface area contributed by atoms with E-state index in [0.717, 1.165) is 31.0 Å². The Bertz CT molecular complexity index is 567. The van der Waals surface area contributed by atoms with Crippen LogP contribution in [0.5, 0.6) is 5.75 Å². The molecule has 0 saturated carbocycles. The third-order valence-corrected chi connectivity index (χ3v) is 4.42. The summed E-state index contributed by atoms with van der Waals surface area (Å²) in [5, 5.41) is 3.07. The summed E-state index contributed by atoms with van der Waals surface area (Å²) in [6, 6.07) is 5.60. The molecule has 0 aromatic heterocycles. The maximum atomic E-state index is 12.1. The second-order valence-corrected chi connectivity index (χ2v) is 6.70. The van der Waals surface area contributed by atoms with Gasteiger partial charge in [0.05, 0.1) is 6.54 Å². The third kappa shape index (κ3) is 7.95. The van der Waals surface area contributed by atoms with Gasteiger partial charge < -0.3 is 20.7 Å². The predicted octanol–water partition coefficient (Wildman–Crippen LogP) is 3.11. The first-order valence-electron chi connectivity index (χ1n) is 8.92. The molecule has 5 nitrogen and oxygen atoms in total. The molecule has 0 atom stereocenters. The average molecular weight is 372 g/mol. The van der Waals surface area contributed by atoms with Gasteiger partial charge in [0.2, 0.25) is 0 Å². The fourth-order valence-corrected chi connectivity index (χ4v) is 2.83. The Morgan fingerprint density at radius 3 is 2.54 bits per heavy atom. The third-order valence-electron chi connectivity index (χ3n) is 4.42. The molecule has 1 aromatic rings. The summed E-state index contributed by atoms with van der Waals surface area (Å²) >= 11 is 0. The second-order valence-electron chi connectivity index (χ2n) is 6.70. The van der Waals surface area contributed by atoms with E-state index in [2.05, 4.69) is 26.9 Å². The molecular weight excluding hydrogens is 345 g/mol. The largest absolute Gasteiger partial charge is 0.573 e. The van der Waals surface area contributed by atoms with Crippen LogP contribution in [0.4, 0.5) is 13.2 Å². The van der Waals surface area contributed by atoms with Crippen LogP contribution in [0.25, 0.3) is 0 Å². The number of rotatable bonds is 7. The molecule has 0 amide bonds. The first-order chi connectivity index (χ1) is 12.3. The molecule has 8 heteroatoms. The Labute approximate surface area is 152 Å². The zero-order valence-corrected chi connectivity index (χ0v) is 15.1. The van der Waals surface area contributed by atoms with Gasteiger partial charge in [-0.1, -0.05) is 19.1 Å². The van der Waals surface area contributed by atoms with Crippen molar-refractivity contribution in [3.63, 3.8) is 0 Å². The molecular formula is C18H27F3N4O. The van der Waals surface area contributed by atoms with E-state index in [4.69, 9.17) is 5.73 Å². The van der Waals surface area contributed by atoms with Crippen molar-refractivity contribution in [2.24, 2.45) is 16.6 Å². The lowest BCUT2D eigenvalue weighted by molar-refractivity contribution is -0.274. The van der Waals surface area contributed by atoms with E-state index in [0.29, 0.717) is 12.5 Å². The Balaban J connectivity index is 1.64. The van der Waals surface area contributed by atoms with Crippen LogP contribution < -0.4 is 15.8 Å². The summed E-state index contributed by atoms with van der Waals surface area (Å²) in [7, 11) is 0. The zero-order chi connectivity index (χ0) is 19.0. The van der Waals surface area contributed by atoms with Crippen molar-refractivity contribution >= 4 is 5.96 Å². The summed E-state index contributed by atoms with van der Waals surface area (Å²) in [6.45, 7) is 6.73. The van der Waals surface area contributed by atoms with Crippen LogP contribution >= 0.6 is 0 Å². The van der Waals surface area contributed by atoms with E-state index < -0.39 is 6.36 Å². The van der Waals surface area contributed by atoms with E-state index in [1.54, 1.807) is 0 Å². The topological polar surface area (TPSA) is 62.9 Å². The fourth-order valence-electron chi connectivity index (χ4n) is 2.83. The lowest BCUT2D eigenvalue weighted by atomic mass is 9.99. The van der Waals surface area contributed by atoms with Gasteiger partial charge in [-0.05, 0) is 62.5 Å². The summed E-state index contributed by atoms with van der Waals surface area (Å²) in [6.07, 6.45) is -1.15. The van der Waals surface area contributed by atoms with Crippen LogP contribution in [-0.4, -0.2) is 43.4 Å². The van der Waals surface area contributed by atoms with Gasteiger partial charge in [0.15, 0.2) is 5.96 Å². The Hall–Kier alpha value is -1.96. The summed E-state index contributed by atoms with van der Waals surface area (Å²) in [5.41, 5.74) is 6.58. The number of nitrogens with one attached hydrogen (secondary N) is 1. The van der Waals surface area contributed by atoms with Gasteiger partial charge in [-0.3, -0.25) is 0 Å². The maximum Gasteiger partial charge on any atom is 0.573 e. The normalized spacial score (nSPS) is 17.3. The van der Waals surface area contributed by atoms with Crippen molar-refractivity contribution in [1.82, 2.24) is 10.2 Å². The molecule has 1 aliphatic rings. The summed E-state index contributed by atoms with van der Waals surface area (Å²) < 4.78 is 40.1. The number of piperidine rings is 1. The van der Waals surface area contributed by atoms with Gasteiger partial charge >= 0.3 is 6.36 Å². The number of hydrogen-bond donors (Lipinski definition) is 2. The molecule has 146 valence electrons. The number of halogens is 3. The number of guanidine groups is 1. The van der Waals surface area contributed by atoms with Crippen LogP contribution in [0, 0.1) is 5.92 Å². The van der Waals surface area contributed by atoms with Gasteiger partial charge in [0.25, 0.3) is 0 Å². The average Bonchev–Trinajstić information content (AvgIpc) is 2.58. The molecule has 2 rings (SSSR count). The second kappa shape index (κ2) is 9.66. The van der Waals surface area contributed by atoms with Crippen molar-refractivity contribution in [3.05, 3.63) is 29.8 Å². The highest BCUT2D eigenvalue weighted by Gasteiger charge is 2.30. The quantitative estimate of drug-likeness (QED) is 0.439. The highest BCUT2D eigenvalue weighted by molar-refractivity contribution is 5.77. The number of likely N-dealkylation sites (tertiary alicyclic amines) is 1. The molecule has 0 bridgehead atoms. The molecule has 1 aliphatic heterocycles. The molecule has 1 saturated heterocycles. The van der Waals surface area contributed by atoms with Crippen molar-refractivity contribution in [3.8, 4) is 5.75 Å². The van der Waals surface area contributed by atoms with E-state index in [1.165, 1.54) is 50.2 Å². The number of nitrogens with zero attached hydrogens (tertiary/aromatic N) is 2. The highest BCUT2D eigenvalue weighted by atomic mass is 19.4. The molecule has 0 spiro atoms. The molecule has 26 heavy (non-hydrogen) atoms. The highest BCUT2D eigenvalue weighted by Crippen LogP contribution is 2.22. The van der Waals surface area contributed by atoms with Crippen LogP contribution in [0.2, 0.25) is 0 Å². The van der Waals surface area contributed by atoms with Crippen molar-refractivity contribution in [2.45, 2.75) is 39.1 Å². The fraction of sp³-hybridized carbons (Fsp3) is 0.611. The van der Waals surface area contributed by atoms with Crippen molar-refractivity contribution < 1.29 is 17.9 Å². The first-order valence-corrected chi connectivity index (χ1v) is 8.92. The number of alkyl halides is 3. The van der Waals surface area contributed by atoms with E-state index in [9.17, 15) is 13.2 Å². The zero-order valence-electron chi connectivity index (χ0n) is 15.1. The van der Waals surface area contributed by atoms with Crippen LogP contribution in [-0.2, 0) is 6.54 Å². The van der Waals surface area contributed by atoms with Crippen LogP contribution in [0.1, 0.15) is 31.7 Å². The Morgan fingerprint density at radius 1 is 1.27 bits per heavy atom. The number of hydrogen-bond acceptors (Lipinski definition) is 3. The summed E-state index contributed by atoms with van der Waals surface area (Å²) in [5.74, 6) is 0.928. The minimum Gasteiger partial charge on any atom is -0.406 e. The standard InChI is InChI=1S/C18H27F3N4O/c1-14-7-11-25(12-8-14)10-2-9-23-17(22)24-13-15-3-5-16(6-4-15)26-18(19,20)21/h3-6,14H,2,7-13H2,1H3,(H3,22,23,24). The van der Waals surface area contributed by atoms with E-state index >= 15 is 0 Å². The molecule has 3 N–H and O–H groups in total. The maximum absolute atomic E-state index is 12.1. The molecule has 1 fully saturated rings. The number of nitrogens with two attached hydrogens (primary N) is 1. The number of benzene rings is 1. The van der Waals surface area contributed by atoms with E-state index in [1.807, 2.05) is 0 Å². The monoisotopic (exact) mass is 372 g/mol. The molecule has 0 radical (unpaired) electrons.